The predicted octanol–water partition coefficient (Wildman–Crippen LogP) is 4.24. The SMILES string of the molecule is CS(=O)(=O)O.Cc1nc2cc3c4c(cccc4c2[nH]1)C(=O)N(CCCNCCCCN1C(=O)c2cccc4cc([N+](=O)[O-])cc(c24)C1=O)C3=O. The molecule has 0 aliphatic carbocycles. The fourth-order valence-electron chi connectivity index (χ4n) is 6.47. The van der Waals surface area contributed by atoms with E-state index in [4.69, 9.17) is 4.55 Å². The maximum absolute atomic E-state index is 13.4. The van der Waals surface area contributed by atoms with Gasteiger partial charge in [0, 0.05) is 52.5 Å². The molecule has 4 amide bonds. The van der Waals surface area contributed by atoms with Gasteiger partial charge in [-0.05, 0) is 62.9 Å². The number of hydrogen-bond acceptors (Lipinski definition) is 10. The maximum atomic E-state index is 13.4. The zero-order chi connectivity index (χ0) is 35.9. The van der Waals surface area contributed by atoms with Crippen LogP contribution in [0.3, 0.4) is 0 Å². The highest BCUT2D eigenvalue weighted by Gasteiger charge is 2.35. The van der Waals surface area contributed by atoms with Gasteiger partial charge < -0.3 is 10.3 Å². The van der Waals surface area contributed by atoms with Crippen LogP contribution in [0.1, 0.15) is 66.5 Å². The molecule has 7 rings (SSSR count). The van der Waals surface area contributed by atoms with Crippen molar-refractivity contribution in [1.82, 2.24) is 25.1 Å². The summed E-state index contributed by atoms with van der Waals surface area (Å²) in [6, 6.07) is 14.8. The van der Waals surface area contributed by atoms with E-state index >= 15 is 0 Å². The first kappa shape index (κ1) is 34.3. The number of non-ortho nitro benzene ring substituents is 1. The van der Waals surface area contributed by atoms with Crippen molar-refractivity contribution < 1.29 is 37.1 Å². The lowest BCUT2D eigenvalue weighted by atomic mass is 9.93. The fraction of sp³-hybridized carbons (Fsp3) is 0.265. The Bertz CT molecular complexity index is 2360. The van der Waals surface area contributed by atoms with Gasteiger partial charge >= 0.3 is 0 Å². The number of hydrogen-bond donors (Lipinski definition) is 3. The third kappa shape index (κ3) is 6.55. The topological polar surface area (TPSA) is 213 Å². The summed E-state index contributed by atoms with van der Waals surface area (Å²) in [7, 11) is -3.67. The number of nitrogens with one attached hydrogen (secondary N) is 2. The van der Waals surface area contributed by atoms with E-state index in [2.05, 4.69) is 15.3 Å². The fourth-order valence-corrected chi connectivity index (χ4v) is 6.47. The van der Waals surface area contributed by atoms with Crippen LogP contribution in [0.5, 0.6) is 0 Å². The molecule has 0 unspecified atom stereocenters. The molecule has 0 atom stereocenters. The molecule has 0 bridgehead atoms. The van der Waals surface area contributed by atoms with Crippen molar-refractivity contribution in [2.75, 3.05) is 32.4 Å². The molecule has 15 nitrogen and oxygen atoms in total. The van der Waals surface area contributed by atoms with Crippen LogP contribution < -0.4 is 5.32 Å². The van der Waals surface area contributed by atoms with Crippen LogP contribution >= 0.6 is 0 Å². The van der Waals surface area contributed by atoms with Gasteiger partial charge in [0.15, 0.2) is 0 Å². The summed E-state index contributed by atoms with van der Waals surface area (Å²) in [5, 5.41) is 17.1. The number of carbonyl (C=O) groups excluding carboxylic acids is 4. The van der Waals surface area contributed by atoms with Gasteiger partial charge in [0.2, 0.25) is 0 Å². The molecular formula is C34H32N6O9S. The Kier molecular flexibility index (Phi) is 9.17. The molecule has 0 saturated heterocycles. The first-order valence-electron chi connectivity index (χ1n) is 15.7. The number of imidazole rings is 1. The number of amides is 4. The third-order valence-corrected chi connectivity index (χ3v) is 8.53. The Hall–Kier alpha value is -5.58. The minimum atomic E-state index is -3.67. The van der Waals surface area contributed by atoms with Crippen LogP contribution in [0.4, 0.5) is 5.69 Å². The van der Waals surface area contributed by atoms with E-state index in [1.54, 1.807) is 30.3 Å². The van der Waals surface area contributed by atoms with E-state index in [1.807, 2.05) is 19.1 Å². The number of rotatable bonds is 10. The average Bonchev–Trinajstić information content (AvgIpc) is 3.45. The summed E-state index contributed by atoms with van der Waals surface area (Å²) < 4.78 is 25.9. The summed E-state index contributed by atoms with van der Waals surface area (Å²) in [5.41, 5.74) is 2.80. The van der Waals surface area contributed by atoms with Gasteiger partial charge in [-0.3, -0.25) is 43.6 Å². The number of aromatic nitrogens is 2. The zero-order valence-electron chi connectivity index (χ0n) is 27.1. The minimum absolute atomic E-state index is 0.164. The molecule has 4 aromatic carbocycles. The number of aromatic amines is 1. The highest BCUT2D eigenvalue weighted by Crippen LogP contribution is 2.35. The predicted molar refractivity (Wildman–Crippen MR) is 184 cm³/mol. The van der Waals surface area contributed by atoms with Crippen molar-refractivity contribution in [3.05, 3.63) is 92.8 Å². The standard InChI is InChI=1S/C33H28N6O6.CH4O3S/c1-18-35-26-17-25-28-21(29(26)36-18)8-5-10-23(28)31(41)38(33(25)43)14-6-12-34-11-2-3-13-37-30(40)22-9-4-7-19-15-20(39(44)45)16-24(27(19)22)32(37)42;1-5(2,3)4/h4-5,7-10,15-17,34H,2-3,6,11-14H2,1H3,(H,35,36);1H3,(H,2,3,4). The summed E-state index contributed by atoms with van der Waals surface area (Å²) in [6.07, 6.45) is 2.47. The number of unbranched alkanes of at least 4 members (excludes halogenated alkanes) is 1. The van der Waals surface area contributed by atoms with Gasteiger partial charge in [-0.1, -0.05) is 24.3 Å². The van der Waals surface area contributed by atoms with Crippen LogP contribution in [0.2, 0.25) is 0 Å². The number of nitrogens with zero attached hydrogens (tertiary/aromatic N) is 4. The van der Waals surface area contributed by atoms with E-state index in [1.165, 1.54) is 17.0 Å². The van der Waals surface area contributed by atoms with Gasteiger partial charge in [-0.25, -0.2) is 4.98 Å². The highest BCUT2D eigenvalue weighted by molar-refractivity contribution is 7.85. The molecule has 3 heterocycles. The van der Waals surface area contributed by atoms with Crippen molar-refractivity contribution in [1.29, 1.82) is 0 Å². The number of carbonyl (C=O) groups is 4. The number of aryl methyl sites for hydroxylation is 1. The molecule has 3 N–H and O–H groups in total. The van der Waals surface area contributed by atoms with Crippen LogP contribution in [0.25, 0.3) is 32.6 Å². The van der Waals surface area contributed by atoms with Crippen molar-refractivity contribution in [2.24, 2.45) is 0 Å². The number of benzene rings is 4. The zero-order valence-corrected chi connectivity index (χ0v) is 27.9. The number of imide groups is 2. The van der Waals surface area contributed by atoms with Crippen LogP contribution in [-0.2, 0) is 10.1 Å². The Balaban J connectivity index is 0.000000808. The largest absolute Gasteiger partial charge is 0.342 e. The van der Waals surface area contributed by atoms with Crippen molar-refractivity contribution >= 4 is 72.0 Å². The first-order valence-corrected chi connectivity index (χ1v) is 17.6. The molecule has 2 aliphatic heterocycles. The van der Waals surface area contributed by atoms with Crippen LogP contribution in [-0.4, -0.2) is 93.7 Å². The molecule has 0 spiro atoms. The monoisotopic (exact) mass is 700 g/mol. The van der Waals surface area contributed by atoms with Crippen molar-refractivity contribution in [3.8, 4) is 0 Å². The number of H-pyrrole nitrogens is 1. The van der Waals surface area contributed by atoms with Gasteiger partial charge in [0.05, 0.1) is 33.3 Å². The van der Waals surface area contributed by atoms with Gasteiger partial charge in [0.1, 0.15) is 5.82 Å². The molecule has 0 radical (unpaired) electrons. The lowest BCUT2D eigenvalue weighted by Crippen LogP contribution is -2.41. The Morgan fingerprint density at radius 3 is 2.04 bits per heavy atom. The maximum Gasteiger partial charge on any atom is 0.270 e. The van der Waals surface area contributed by atoms with Crippen molar-refractivity contribution in [3.63, 3.8) is 0 Å². The Morgan fingerprint density at radius 1 is 0.820 bits per heavy atom. The Morgan fingerprint density at radius 2 is 1.38 bits per heavy atom. The molecule has 2 aliphatic rings. The second kappa shape index (κ2) is 13.4. The van der Waals surface area contributed by atoms with E-state index in [0.29, 0.717) is 77.0 Å². The summed E-state index contributed by atoms with van der Waals surface area (Å²) in [6.45, 7) is 3.46. The lowest BCUT2D eigenvalue weighted by molar-refractivity contribution is -0.384. The molecule has 1 aromatic heterocycles. The molecule has 16 heteroatoms. The lowest BCUT2D eigenvalue weighted by Gasteiger charge is -2.27. The quantitative estimate of drug-likeness (QED) is 0.0616. The molecule has 258 valence electrons. The highest BCUT2D eigenvalue weighted by atomic mass is 32.2. The smallest absolute Gasteiger partial charge is 0.270 e. The molecular weight excluding hydrogens is 668 g/mol. The Labute approximate surface area is 285 Å². The third-order valence-electron chi connectivity index (χ3n) is 8.53. The average molecular weight is 701 g/mol. The second-order valence-electron chi connectivity index (χ2n) is 12.1. The molecule has 50 heavy (non-hydrogen) atoms. The van der Waals surface area contributed by atoms with Crippen LogP contribution in [0, 0.1) is 17.0 Å². The summed E-state index contributed by atoms with van der Waals surface area (Å²) in [4.78, 5) is 74.1. The number of nitro groups is 1. The second-order valence-corrected chi connectivity index (χ2v) is 13.6. The first-order chi connectivity index (χ1) is 23.7. The molecule has 0 fully saturated rings. The van der Waals surface area contributed by atoms with E-state index < -0.39 is 26.9 Å². The van der Waals surface area contributed by atoms with Gasteiger partial charge in [-0.15, -0.1) is 0 Å². The van der Waals surface area contributed by atoms with E-state index in [-0.39, 0.29) is 36.2 Å². The van der Waals surface area contributed by atoms with Gasteiger partial charge in [0.25, 0.3) is 39.4 Å². The molecule has 0 saturated carbocycles. The minimum Gasteiger partial charge on any atom is -0.342 e. The van der Waals surface area contributed by atoms with E-state index in [9.17, 15) is 37.7 Å². The van der Waals surface area contributed by atoms with Crippen molar-refractivity contribution in [2.45, 2.75) is 26.2 Å². The summed E-state index contributed by atoms with van der Waals surface area (Å²) >= 11 is 0. The van der Waals surface area contributed by atoms with Gasteiger partial charge in [-0.2, -0.15) is 8.42 Å². The number of fused-ring (bicyclic) bond motifs is 2. The molecule has 5 aromatic rings. The number of nitro benzene ring substituents is 1. The van der Waals surface area contributed by atoms with Crippen LogP contribution in [0.15, 0.2) is 54.6 Å². The normalized spacial score (nSPS) is 14.1. The summed E-state index contributed by atoms with van der Waals surface area (Å²) in [5.74, 6) is -0.845. The van der Waals surface area contributed by atoms with E-state index in [0.717, 1.165) is 21.6 Å².